The van der Waals surface area contributed by atoms with Crippen LogP contribution in [0.5, 0.6) is 0 Å². The highest BCUT2D eigenvalue weighted by Crippen LogP contribution is 2.28. The summed E-state index contributed by atoms with van der Waals surface area (Å²) in [6, 6.07) is 7.96. The molecule has 0 heterocycles. The number of carbonyl (C=O) groups excluding carboxylic acids is 1. The van der Waals surface area contributed by atoms with Gasteiger partial charge in [-0.15, -0.1) is 0 Å². The minimum Gasteiger partial charge on any atom is -0.379 e. The summed E-state index contributed by atoms with van der Waals surface area (Å²) in [5.41, 5.74) is 1.10. The lowest BCUT2D eigenvalue weighted by Gasteiger charge is -2.23. The number of guanidine groups is 1. The van der Waals surface area contributed by atoms with Crippen molar-refractivity contribution in [2.24, 2.45) is 10.9 Å². The molecule has 1 aliphatic rings. The van der Waals surface area contributed by atoms with Gasteiger partial charge < -0.3 is 19.9 Å². The quantitative estimate of drug-likeness (QED) is 0.346. The predicted molar refractivity (Wildman–Crippen MR) is 113 cm³/mol. The molecule has 0 radical (unpaired) electrons. The van der Waals surface area contributed by atoms with E-state index < -0.39 is 0 Å². The van der Waals surface area contributed by atoms with Crippen molar-refractivity contribution in [3.05, 3.63) is 34.3 Å². The number of nitrogens with one attached hydrogen (secondary N) is 1. The molecule has 2 rings (SSSR count). The van der Waals surface area contributed by atoms with Crippen LogP contribution >= 0.6 is 15.9 Å². The average Bonchev–Trinajstić information content (AvgIpc) is 3.48. The molecule has 1 fully saturated rings. The molecular formula is C20H31BrN4O2. The lowest BCUT2D eigenvalue weighted by molar-refractivity contribution is -0.130. The van der Waals surface area contributed by atoms with Crippen molar-refractivity contribution >= 4 is 27.8 Å². The molecule has 0 bridgehead atoms. The lowest BCUT2D eigenvalue weighted by Crippen LogP contribution is -2.42. The van der Waals surface area contributed by atoms with Gasteiger partial charge in [-0.25, -0.2) is 0 Å². The fourth-order valence-electron chi connectivity index (χ4n) is 2.67. The Kier molecular flexibility index (Phi) is 9.07. The molecule has 0 atom stereocenters. The van der Waals surface area contributed by atoms with Gasteiger partial charge in [0, 0.05) is 58.3 Å². The molecular weight excluding hydrogens is 408 g/mol. The van der Waals surface area contributed by atoms with E-state index in [0.29, 0.717) is 26.1 Å². The second-order valence-electron chi connectivity index (χ2n) is 7.01. The second kappa shape index (κ2) is 11.3. The molecule has 1 amide bonds. The summed E-state index contributed by atoms with van der Waals surface area (Å²) in [5, 5.41) is 3.26. The molecule has 7 heteroatoms. The lowest BCUT2D eigenvalue weighted by atomic mass is 10.2. The third-order valence-electron chi connectivity index (χ3n) is 4.61. The van der Waals surface area contributed by atoms with Gasteiger partial charge in [0.25, 0.3) is 0 Å². The highest BCUT2D eigenvalue weighted by molar-refractivity contribution is 9.10. The van der Waals surface area contributed by atoms with Crippen LogP contribution in [0.1, 0.15) is 24.8 Å². The van der Waals surface area contributed by atoms with Crippen LogP contribution in [0.2, 0.25) is 0 Å². The Morgan fingerprint density at radius 2 is 2.04 bits per heavy atom. The van der Waals surface area contributed by atoms with E-state index in [0.717, 1.165) is 35.1 Å². The molecule has 1 aliphatic carbocycles. The third-order valence-corrected chi connectivity index (χ3v) is 5.38. The van der Waals surface area contributed by atoms with E-state index in [1.165, 1.54) is 12.8 Å². The molecule has 150 valence electrons. The van der Waals surface area contributed by atoms with Crippen LogP contribution < -0.4 is 5.32 Å². The molecule has 1 N–H and O–H groups in total. The summed E-state index contributed by atoms with van der Waals surface area (Å²) in [7, 11) is 5.57. The van der Waals surface area contributed by atoms with E-state index in [-0.39, 0.29) is 5.91 Å². The van der Waals surface area contributed by atoms with Crippen LogP contribution in [-0.4, -0.2) is 69.1 Å². The highest BCUT2D eigenvalue weighted by Gasteiger charge is 2.21. The summed E-state index contributed by atoms with van der Waals surface area (Å²) in [6.45, 7) is 3.49. The number of hydrogen-bond donors (Lipinski definition) is 1. The van der Waals surface area contributed by atoms with Crippen LogP contribution in [0.3, 0.4) is 0 Å². The molecule has 1 aromatic carbocycles. The number of rotatable bonds is 10. The van der Waals surface area contributed by atoms with Crippen molar-refractivity contribution in [3.8, 4) is 0 Å². The number of aliphatic imine (C=N–C) groups is 1. The number of nitrogens with zero attached hydrogens (tertiary/aromatic N) is 3. The van der Waals surface area contributed by atoms with E-state index >= 15 is 0 Å². The van der Waals surface area contributed by atoms with Crippen LogP contribution in [0, 0.1) is 5.92 Å². The van der Waals surface area contributed by atoms with Gasteiger partial charge >= 0.3 is 0 Å². The van der Waals surface area contributed by atoms with Crippen LogP contribution in [0.4, 0.5) is 0 Å². The molecule has 0 saturated heterocycles. The fourth-order valence-corrected chi connectivity index (χ4v) is 3.08. The molecule has 0 spiro atoms. The Balaban J connectivity index is 1.66. The first-order valence-electron chi connectivity index (χ1n) is 9.48. The number of amides is 1. The minimum atomic E-state index is 0.101. The van der Waals surface area contributed by atoms with Gasteiger partial charge in [-0.05, 0) is 30.4 Å². The fraction of sp³-hybridized carbons (Fsp3) is 0.600. The zero-order valence-electron chi connectivity index (χ0n) is 16.6. The third kappa shape index (κ3) is 7.89. The van der Waals surface area contributed by atoms with Crippen molar-refractivity contribution in [1.29, 1.82) is 0 Å². The molecule has 0 aromatic heterocycles. The normalized spacial score (nSPS) is 14.1. The van der Waals surface area contributed by atoms with Gasteiger partial charge in [-0.3, -0.25) is 9.79 Å². The number of benzene rings is 1. The highest BCUT2D eigenvalue weighted by atomic mass is 79.9. The van der Waals surface area contributed by atoms with Gasteiger partial charge in [-0.1, -0.05) is 34.1 Å². The first kappa shape index (κ1) is 21.7. The summed E-state index contributed by atoms with van der Waals surface area (Å²) in [5.74, 6) is 1.67. The number of hydrogen-bond acceptors (Lipinski definition) is 3. The van der Waals surface area contributed by atoms with Crippen molar-refractivity contribution in [2.75, 3.05) is 47.4 Å². The van der Waals surface area contributed by atoms with E-state index in [1.54, 1.807) is 11.9 Å². The topological polar surface area (TPSA) is 57.2 Å². The Labute approximate surface area is 171 Å². The first-order valence-corrected chi connectivity index (χ1v) is 10.3. The minimum absolute atomic E-state index is 0.101. The maximum Gasteiger partial charge on any atom is 0.224 e. The van der Waals surface area contributed by atoms with E-state index in [1.807, 2.05) is 43.3 Å². The van der Waals surface area contributed by atoms with Crippen molar-refractivity contribution in [2.45, 2.75) is 25.8 Å². The molecule has 6 nitrogen and oxygen atoms in total. The van der Waals surface area contributed by atoms with Gasteiger partial charge in [-0.2, -0.15) is 0 Å². The van der Waals surface area contributed by atoms with Crippen LogP contribution in [0.25, 0.3) is 0 Å². The molecule has 1 aromatic rings. The number of carbonyl (C=O) groups is 1. The molecule has 27 heavy (non-hydrogen) atoms. The van der Waals surface area contributed by atoms with Gasteiger partial charge in [0.15, 0.2) is 5.96 Å². The zero-order valence-corrected chi connectivity index (χ0v) is 18.2. The van der Waals surface area contributed by atoms with Crippen molar-refractivity contribution in [1.82, 2.24) is 15.1 Å². The average molecular weight is 439 g/mol. The monoisotopic (exact) mass is 438 g/mol. The summed E-state index contributed by atoms with van der Waals surface area (Å²) >= 11 is 3.53. The van der Waals surface area contributed by atoms with Crippen molar-refractivity contribution in [3.63, 3.8) is 0 Å². The van der Waals surface area contributed by atoms with E-state index in [4.69, 9.17) is 4.74 Å². The van der Waals surface area contributed by atoms with Gasteiger partial charge in [0.1, 0.15) is 0 Å². The molecule has 0 aliphatic heterocycles. The Bertz CT molecular complexity index is 634. The van der Waals surface area contributed by atoms with Crippen LogP contribution in [-0.2, 0) is 16.1 Å². The summed E-state index contributed by atoms with van der Waals surface area (Å²) in [6.07, 6.45) is 3.04. The van der Waals surface area contributed by atoms with E-state index in [2.05, 4.69) is 26.2 Å². The van der Waals surface area contributed by atoms with Gasteiger partial charge in [0.05, 0.1) is 6.61 Å². The zero-order chi connectivity index (χ0) is 19.6. The second-order valence-corrected chi connectivity index (χ2v) is 7.86. The maximum absolute atomic E-state index is 12.4. The molecule has 0 unspecified atom stereocenters. The first-order chi connectivity index (χ1) is 13.0. The SMILES string of the molecule is CN=C(NCCC(=O)N(C)Cc1ccccc1Br)N(C)CCOCC1CC1. The predicted octanol–water partition coefficient (Wildman–Crippen LogP) is 2.73. The largest absolute Gasteiger partial charge is 0.379 e. The van der Waals surface area contributed by atoms with Gasteiger partial charge in [0.2, 0.25) is 5.91 Å². The summed E-state index contributed by atoms with van der Waals surface area (Å²) in [4.78, 5) is 20.4. The maximum atomic E-state index is 12.4. The smallest absolute Gasteiger partial charge is 0.224 e. The number of halogens is 1. The number of likely N-dealkylation sites (N-methyl/N-ethyl adjacent to an activating group) is 1. The Morgan fingerprint density at radius 3 is 2.70 bits per heavy atom. The number of ether oxygens (including phenoxy) is 1. The summed E-state index contributed by atoms with van der Waals surface area (Å²) < 4.78 is 6.70. The van der Waals surface area contributed by atoms with Crippen molar-refractivity contribution < 1.29 is 9.53 Å². The molecule has 1 saturated carbocycles. The Hall–Kier alpha value is -1.60. The Morgan fingerprint density at radius 1 is 1.30 bits per heavy atom. The standard InChI is InChI=1S/C20H31BrN4O2/c1-22-20(24(2)12-13-27-15-16-8-9-16)23-11-10-19(26)25(3)14-17-6-4-5-7-18(17)21/h4-7,16H,8-15H2,1-3H3,(H,22,23). The van der Waals surface area contributed by atoms with E-state index in [9.17, 15) is 4.79 Å². The van der Waals surface area contributed by atoms with Crippen LogP contribution in [0.15, 0.2) is 33.7 Å².